The van der Waals surface area contributed by atoms with E-state index in [0.29, 0.717) is 24.2 Å². The first kappa shape index (κ1) is 14.2. The lowest BCUT2D eigenvalue weighted by atomic mass is 10.4. The minimum atomic E-state index is 0. The summed E-state index contributed by atoms with van der Waals surface area (Å²) in [6, 6.07) is 0.274. The standard InChI is InChI=1S/C10H17N5O.HI/c1-6(2)13-10(11)12-5-8-14-9(16-15-8)7-3-4-7;/h6-7H,3-5H2,1-2H3,(H3,11,12,13);1H. The molecule has 2 rings (SSSR count). The topological polar surface area (TPSA) is 89.3 Å². The molecule has 0 spiro atoms. The average Bonchev–Trinajstić information content (AvgIpc) is 2.94. The number of nitrogens with one attached hydrogen (secondary N) is 1. The summed E-state index contributed by atoms with van der Waals surface area (Å²) in [6.45, 7) is 4.37. The number of halogens is 1. The zero-order chi connectivity index (χ0) is 11.5. The van der Waals surface area contributed by atoms with Crippen LogP contribution in [0.3, 0.4) is 0 Å². The van der Waals surface area contributed by atoms with Crippen LogP contribution in [0.1, 0.15) is 44.3 Å². The summed E-state index contributed by atoms with van der Waals surface area (Å²) < 4.78 is 5.11. The van der Waals surface area contributed by atoms with Crippen molar-refractivity contribution in [3.8, 4) is 0 Å². The smallest absolute Gasteiger partial charge is 0.229 e. The quantitative estimate of drug-likeness (QED) is 0.486. The molecule has 1 aromatic heterocycles. The van der Waals surface area contributed by atoms with Crippen LogP contribution in [0.4, 0.5) is 0 Å². The van der Waals surface area contributed by atoms with Gasteiger partial charge in [-0.1, -0.05) is 5.16 Å². The van der Waals surface area contributed by atoms with E-state index in [1.54, 1.807) is 0 Å². The molecule has 7 heteroatoms. The molecule has 1 heterocycles. The lowest BCUT2D eigenvalue weighted by Crippen LogP contribution is -2.36. The molecule has 1 aliphatic carbocycles. The van der Waals surface area contributed by atoms with Gasteiger partial charge >= 0.3 is 0 Å². The van der Waals surface area contributed by atoms with Gasteiger partial charge in [-0.25, -0.2) is 4.99 Å². The molecule has 3 N–H and O–H groups in total. The SMILES string of the molecule is CC(C)NC(N)=NCc1noc(C2CC2)n1.I. The predicted molar refractivity (Wildman–Crippen MR) is 75.3 cm³/mol. The number of nitrogens with zero attached hydrogens (tertiary/aromatic N) is 3. The first-order chi connectivity index (χ1) is 7.65. The third kappa shape index (κ3) is 4.49. The molecule has 0 aromatic carbocycles. The maximum absolute atomic E-state index is 5.65. The molecule has 0 saturated heterocycles. The van der Waals surface area contributed by atoms with Crippen molar-refractivity contribution in [2.45, 2.75) is 45.2 Å². The van der Waals surface area contributed by atoms with Crippen molar-refractivity contribution in [2.75, 3.05) is 0 Å². The Labute approximate surface area is 117 Å². The summed E-state index contributed by atoms with van der Waals surface area (Å²) in [5.74, 6) is 2.22. The van der Waals surface area contributed by atoms with Crippen LogP contribution in [0, 0.1) is 0 Å². The highest BCUT2D eigenvalue weighted by Crippen LogP contribution is 2.38. The normalized spacial score (nSPS) is 15.8. The lowest BCUT2D eigenvalue weighted by molar-refractivity contribution is 0.374. The number of aromatic nitrogens is 2. The molecule has 0 unspecified atom stereocenters. The van der Waals surface area contributed by atoms with Gasteiger partial charge in [-0.3, -0.25) is 0 Å². The minimum absolute atomic E-state index is 0. The maximum Gasteiger partial charge on any atom is 0.229 e. The van der Waals surface area contributed by atoms with Crippen molar-refractivity contribution in [3.63, 3.8) is 0 Å². The van der Waals surface area contributed by atoms with Crippen LogP contribution in [0.15, 0.2) is 9.52 Å². The molecular formula is C10H18IN5O. The zero-order valence-electron chi connectivity index (χ0n) is 10.0. The largest absolute Gasteiger partial charge is 0.370 e. The second-order valence-electron chi connectivity index (χ2n) is 4.32. The van der Waals surface area contributed by atoms with E-state index in [1.807, 2.05) is 13.8 Å². The molecule has 0 amide bonds. The molecule has 0 radical (unpaired) electrons. The van der Waals surface area contributed by atoms with Crippen molar-refractivity contribution in [1.82, 2.24) is 15.5 Å². The van der Waals surface area contributed by atoms with Crippen molar-refractivity contribution in [3.05, 3.63) is 11.7 Å². The van der Waals surface area contributed by atoms with Crippen LogP contribution >= 0.6 is 24.0 Å². The Kier molecular flexibility index (Phi) is 5.16. The summed E-state index contributed by atoms with van der Waals surface area (Å²) in [6.07, 6.45) is 2.31. The highest BCUT2D eigenvalue weighted by molar-refractivity contribution is 14.0. The first-order valence-electron chi connectivity index (χ1n) is 5.54. The van der Waals surface area contributed by atoms with Gasteiger partial charge in [-0.2, -0.15) is 4.98 Å². The Morgan fingerprint density at radius 3 is 2.88 bits per heavy atom. The van der Waals surface area contributed by atoms with Crippen LogP contribution in [0.2, 0.25) is 0 Å². The fourth-order valence-corrected chi connectivity index (χ4v) is 1.33. The molecule has 17 heavy (non-hydrogen) atoms. The third-order valence-corrected chi connectivity index (χ3v) is 2.24. The van der Waals surface area contributed by atoms with E-state index in [1.165, 1.54) is 0 Å². The van der Waals surface area contributed by atoms with Crippen molar-refractivity contribution in [2.24, 2.45) is 10.7 Å². The van der Waals surface area contributed by atoms with Gasteiger partial charge in [0.1, 0.15) is 6.54 Å². The highest BCUT2D eigenvalue weighted by Gasteiger charge is 2.29. The lowest BCUT2D eigenvalue weighted by Gasteiger charge is -2.07. The maximum atomic E-state index is 5.65. The van der Waals surface area contributed by atoms with Gasteiger partial charge in [0.15, 0.2) is 11.8 Å². The zero-order valence-corrected chi connectivity index (χ0v) is 12.3. The van der Waals surface area contributed by atoms with Crippen molar-refractivity contribution >= 4 is 29.9 Å². The molecule has 0 aliphatic heterocycles. The van der Waals surface area contributed by atoms with Gasteiger partial charge in [0.05, 0.1) is 0 Å². The third-order valence-electron chi connectivity index (χ3n) is 2.24. The number of aliphatic imine (C=N–C) groups is 1. The van der Waals surface area contributed by atoms with Crippen LogP contribution in [-0.4, -0.2) is 22.1 Å². The van der Waals surface area contributed by atoms with Crippen LogP contribution < -0.4 is 11.1 Å². The van der Waals surface area contributed by atoms with Crippen molar-refractivity contribution in [1.29, 1.82) is 0 Å². The van der Waals surface area contributed by atoms with Gasteiger partial charge in [-0.05, 0) is 26.7 Å². The Morgan fingerprint density at radius 2 is 2.29 bits per heavy atom. The van der Waals surface area contributed by atoms with E-state index >= 15 is 0 Å². The van der Waals surface area contributed by atoms with Crippen molar-refractivity contribution < 1.29 is 4.52 Å². The Balaban J connectivity index is 0.00000144. The average molecular weight is 351 g/mol. The van der Waals surface area contributed by atoms with E-state index in [2.05, 4.69) is 20.4 Å². The molecule has 96 valence electrons. The van der Waals surface area contributed by atoms with E-state index in [-0.39, 0.29) is 30.0 Å². The first-order valence-corrected chi connectivity index (χ1v) is 5.54. The van der Waals surface area contributed by atoms with Gasteiger partial charge in [0.25, 0.3) is 0 Å². The van der Waals surface area contributed by atoms with E-state index in [4.69, 9.17) is 10.3 Å². The fourth-order valence-electron chi connectivity index (χ4n) is 1.33. The summed E-state index contributed by atoms with van der Waals surface area (Å²) in [5.41, 5.74) is 5.65. The molecule has 1 fully saturated rings. The van der Waals surface area contributed by atoms with Crippen LogP contribution in [0.5, 0.6) is 0 Å². The predicted octanol–water partition coefficient (Wildman–Crippen LogP) is 1.38. The summed E-state index contributed by atoms with van der Waals surface area (Å²) in [7, 11) is 0. The van der Waals surface area contributed by atoms with Gasteiger partial charge < -0.3 is 15.6 Å². The second-order valence-corrected chi connectivity index (χ2v) is 4.32. The number of hydrogen-bond acceptors (Lipinski definition) is 4. The number of guanidine groups is 1. The van der Waals surface area contributed by atoms with Gasteiger partial charge in [0, 0.05) is 12.0 Å². The van der Waals surface area contributed by atoms with E-state index < -0.39 is 0 Å². The number of nitrogens with two attached hydrogens (primary N) is 1. The van der Waals surface area contributed by atoms with Gasteiger partial charge in [0.2, 0.25) is 5.89 Å². The molecule has 1 aromatic rings. The van der Waals surface area contributed by atoms with E-state index in [9.17, 15) is 0 Å². The number of rotatable bonds is 4. The summed E-state index contributed by atoms with van der Waals surface area (Å²) >= 11 is 0. The van der Waals surface area contributed by atoms with Crippen LogP contribution in [-0.2, 0) is 6.54 Å². The molecule has 0 bridgehead atoms. The molecule has 0 atom stereocenters. The minimum Gasteiger partial charge on any atom is -0.370 e. The summed E-state index contributed by atoms with van der Waals surface area (Å²) in [5, 5.41) is 6.85. The summed E-state index contributed by atoms with van der Waals surface area (Å²) in [4.78, 5) is 8.38. The molecule has 6 nitrogen and oxygen atoms in total. The molecule has 1 saturated carbocycles. The Hall–Kier alpha value is -0.860. The Morgan fingerprint density at radius 1 is 1.59 bits per heavy atom. The fraction of sp³-hybridized carbons (Fsp3) is 0.700. The van der Waals surface area contributed by atoms with E-state index in [0.717, 1.165) is 18.7 Å². The Bertz CT molecular complexity index is 386. The number of hydrogen-bond donors (Lipinski definition) is 2. The molecular weight excluding hydrogens is 333 g/mol. The molecule has 1 aliphatic rings. The second kappa shape index (κ2) is 6.18. The monoisotopic (exact) mass is 351 g/mol. The van der Waals surface area contributed by atoms with Gasteiger partial charge in [-0.15, -0.1) is 24.0 Å². The highest BCUT2D eigenvalue weighted by atomic mass is 127. The van der Waals surface area contributed by atoms with Crippen LogP contribution in [0.25, 0.3) is 0 Å².